The smallest absolute Gasteiger partial charge is 0.330 e. The third-order valence-corrected chi connectivity index (χ3v) is 0.932. The van der Waals surface area contributed by atoms with Crippen LogP contribution in [0, 0.1) is 0 Å². The van der Waals surface area contributed by atoms with Gasteiger partial charge in [-0.15, -0.1) is 0 Å². The Morgan fingerprint density at radius 1 is 0.737 bits per heavy atom. The number of aliphatic hydroxyl groups is 1. The molecule has 4 N–H and O–H groups in total. The Balaban J connectivity index is -0.000000239. The van der Waals surface area contributed by atoms with E-state index in [1.807, 2.05) is 0 Å². The van der Waals surface area contributed by atoms with Crippen molar-refractivity contribution in [2.24, 2.45) is 0 Å². The van der Waals surface area contributed by atoms with Gasteiger partial charge in [0.25, 0.3) is 0 Å². The van der Waals surface area contributed by atoms with Crippen molar-refractivity contribution in [3.8, 4) is 0 Å². The van der Waals surface area contributed by atoms with Crippen LogP contribution in [0.5, 0.6) is 0 Å². The summed E-state index contributed by atoms with van der Waals surface area (Å²) < 4.78 is 4.11. The predicted molar refractivity (Wildman–Crippen MR) is 61.3 cm³/mol. The zero-order valence-corrected chi connectivity index (χ0v) is 10.1. The van der Waals surface area contributed by atoms with Crippen LogP contribution in [-0.4, -0.2) is 58.5 Å². The zero-order valence-electron chi connectivity index (χ0n) is 10.1. The lowest BCUT2D eigenvalue weighted by atomic mass is 10.5. The molecular weight excluding hydrogens is 264 g/mol. The average molecular weight is 278 g/mol. The van der Waals surface area contributed by atoms with E-state index in [0.717, 1.165) is 13.2 Å². The minimum absolute atomic E-state index is 0.558. The molecule has 0 saturated carbocycles. The molecule has 0 aromatic carbocycles. The van der Waals surface area contributed by atoms with E-state index in [0.29, 0.717) is 18.2 Å². The van der Waals surface area contributed by atoms with Gasteiger partial charge in [-0.2, -0.15) is 0 Å². The summed E-state index contributed by atoms with van der Waals surface area (Å²) in [6.07, 6.45) is 2.67. The largest absolute Gasteiger partial charge is 0.478 e. The van der Waals surface area contributed by atoms with Crippen molar-refractivity contribution in [2.75, 3.05) is 14.2 Å². The molecule has 9 nitrogen and oxygen atoms in total. The first-order valence-electron chi connectivity index (χ1n) is 4.37. The van der Waals surface area contributed by atoms with Crippen LogP contribution in [0.2, 0.25) is 0 Å². The lowest BCUT2D eigenvalue weighted by Crippen LogP contribution is -1.96. The third kappa shape index (κ3) is 31.3. The first-order valence-corrected chi connectivity index (χ1v) is 4.37. The second-order valence-electron chi connectivity index (χ2n) is 2.20. The van der Waals surface area contributed by atoms with Gasteiger partial charge in [-0.05, 0) is 0 Å². The van der Waals surface area contributed by atoms with Crippen LogP contribution in [0.4, 0.5) is 0 Å². The van der Waals surface area contributed by atoms with Crippen LogP contribution in [-0.2, 0) is 23.9 Å². The summed E-state index contributed by atoms with van der Waals surface area (Å²) in [4.78, 5) is 39.0. The topological polar surface area (TPSA) is 158 Å². The van der Waals surface area contributed by atoms with Gasteiger partial charge in [0, 0.05) is 31.4 Å². The normalized spacial score (nSPS) is 8.79. The Hall–Kier alpha value is -2.68. The van der Waals surface area contributed by atoms with E-state index >= 15 is 0 Å². The number of methoxy groups -OCH3 is 1. The number of hydrogen-bond acceptors (Lipinski definition) is 6. The van der Waals surface area contributed by atoms with Crippen LogP contribution in [0.3, 0.4) is 0 Å². The fourth-order valence-corrected chi connectivity index (χ4v) is 0.350. The molecule has 9 heteroatoms. The van der Waals surface area contributed by atoms with Gasteiger partial charge in [0.2, 0.25) is 0 Å². The van der Waals surface area contributed by atoms with Gasteiger partial charge in [-0.25, -0.2) is 19.2 Å². The molecule has 0 aliphatic rings. The van der Waals surface area contributed by atoms with Crippen molar-refractivity contribution in [2.45, 2.75) is 0 Å². The average Bonchev–Trinajstić information content (AvgIpc) is 2.36. The number of carbonyl (C=O) groups excluding carboxylic acids is 1. The quantitative estimate of drug-likeness (QED) is 0.378. The zero-order chi connectivity index (χ0) is 15.8. The molecule has 108 valence electrons. The maximum Gasteiger partial charge on any atom is 0.330 e. The SMILES string of the molecule is CO.COC(=O)C=CC(=O)O.O=C(O)C=CC(=O)O. The summed E-state index contributed by atoms with van der Waals surface area (Å²) >= 11 is 0. The molecule has 0 amide bonds. The highest BCUT2D eigenvalue weighted by Gasteiger charge is 1.91. The van der Waals surface area contributed by atoms with Gasteiger partial charge < -0.3 is 25.2 Å². The molecular formula is C10H14O9. The fourth-order valence-electron chi connectivity index (χ4n) is 0.350. The molecule has 0 radical (unpaired) electrons. The Morgan fingerprint density at radius 3 is 1.21 bits per heavy atom. The second kappa shape index (κ2) is 15.3. The maximum absolute atomic E-state index is 10.1. The predicted octanol–water partition coefficient (Wildman–Crippen LogP) is -0.879. The second-order valence-corrected chi connectivity index (χ2v) is 2.20. The molecule has 0 unspecified atom stereocenters. The minimum atomic E-state index is -1.26. The van der Waals surface area contributed by atoms with Gasteiger partial charge in [0.15, 0.2) is 0 Å². The lowest BCUT2D eigenvalue weighted by Gasteiger charge is -1.85. The van der Waals surface area contributed by atoms with E-state index in [4.69, 9.17) is 20.4 Å². The molecule has 0 saturated heterocycles. The highest BCUT2D eigenvalue weighted by atomic mass is 16.5. The van der Waals surface area contributed by atoms with Gasteiger partial charge in [0.05, 0.1) is 7.11 Å². The Bertz CT molecular complexity index is 338. The van der Waals surface area contributed by atoms with Crippen molar-refractivity contribution >= 4 is 23.9 Å². The molecule has 0 spiro atoms. The number of carbonyl (C=O) groups is 4. The highest BCUT2D eigenvalue weighted by molar-refractivity contribution is 5.90. The number of aliphatic carboxylic acids is 3. The van der Waals surface area contributed by atoms with Gasteiger partial charge in [-0.3, -0.25) is 0 Å². The van der Waals surface area contributed by atoms with Crippen LogP contribution >= 0.6 is 0 Å². The number of esters is 1. The van der Waals surface area contributed by atoms with Crippen molar-refractivity contribution in [3.63, 3.8) is 0 Å². The summed E-state index contributed by atoms with van der Waals surface area (Å²) in [5.41, 5.74) is 0. The summed E-state index contributed by atoms with van der Waals surface area (Å²) in [5, 5.41) is 30.6. The molecule has 0 aliphatic heterocycles. The molecule has 0 rings (SSSR count). The van der Waals surface area contributed by atoms with E-state index in [9.17, 15) is 19.2 Å². The number of rotatable bonds is 4. The van der Waals surface area contributed by atoms with Gasteiger partial charge >= 0.3 is 23.9 Å². The van der Waals surface area contributed by atoms with E-state index < -0.39 is 23.9 Å². The molecule has 0 atom stereocenters. The van der Waals surface area contributed by atoms with E-state index in [-0.39, 0.29) is 0 Å². The number of aliphatic hydroxyl groups excluding tert-OH is 1. The molecule has 0 aliphatic carbocycles. The van der Waals surface area contributed by atoms with Crippen molar-refractivity contribution in [3.05, 3.63) is 24.3 Å². The summed E-state index contributed by atoms with van der Waals surface area (Å²) in [6.45, 7) is 0. The van der Waals surface area contributed by atoms with E-state index in [2.05, 4.69) is 4.74 Å². The van der Waals surface area contributed by atoms with Crippen LogP contribution < -0.4 is 0 Å². The van der Waals surface area contributed by atoms with E-state index in [1.165, 1.54) is 7.11 Å². The van der Waals surface area contributed by atoms with E-state index in [1.54, 1.807) is 0 Å². The highest BCUT2D eigenvalue weighted by Crippen LogP contribution is 1.76. The molecule has 19 heavy (non-hydrogen) atoms. The number of carboxylic acid groups (broad SMARTS) is 3. The Morgan fingerprint density at radius 2 is 1.00 bits per heavy atom. The van der Waals surface area contributed by atoms with Crippen molar-refractivity contribution in [1.29, 1.82) is 0 Å². The van der Waals surface area contributed by atoms with Crippen molar-refractivity contribution in [1.82, 2.24) is 0 Å². The van der Waals surface area contributed by atoms with Crippen LogP contribution in [0.15, 0.2) is 24.3 Å². The van der Waals surface area contributed by atoms with Gasteiger partial charge in [0.1, 0.15) is 0 Å². The number of carboxylic acids is 3. The molecule has 0 aromatic rings. The summed E-state index contributed by atoms with van der Waals surface area (Å²) in [6, 6.07) is 0. The van der Waals surface area contributed by atoms with Gasteiger partial charge in [-0.1, -0.05) is 0 Å². The molecule has 0 bridgehead atoms. The minimum Gasteiger partial charge on any atom is -0.478 e. The van der Waals surface area contributed by atoms with Crippen LogP contribution in [0.25, 0.3) is 0 Å². The number of ether oxygens (including phenoxy) is 1. The lowest BCUT2D eigenvalue weighted by molar-refractivity contribution is -0.136. The standard InChI is InChI=1S/C5H6O4.C4H4O4.CH4O/c1-9-5(8)3-2-4(6)7;5-3(6)1-2-4(7)8;1-2/h2-3H,1H3,(H,6,7);1-2H,(H,5,6)(H,7,8);2H,1H3. The maximum atomic E-state index is 10.1. The van der Waals surface area contributed by atoms with Crippen molar-refractivity contribution < 1.29 is 44.3 Å². The first-order chi connectivity index (χ1) is 8.79. The monoisotopic (exact) mass is 278 g/mol. The summed E-state index contributed by atoms with van der Waals surface area (Å²) in [5.74, 6) is -4.35. The molecule has 0 aromatic heterocycles. The molecule has 0 fully saturated rings. The fraction of sp³-hybridized carbons (Fsp3) is 0.200. The summed E-state index contributed by atoms with van der Waals surface area (Å²) in [7, 11) is 2.18. The Labute approximate surface area is 108 Å². The Kier molecular flexibility index (Phi) is 17.4. The third-order valence-electron chi connectivity index (χ3n) is 0.932. The first kappa shape index (κ1) is 21.6. The van der Waals surface area contributed by atoms with Crippen LogP contribution in [0.1, 0.15) is 0 Å². The molecule has 0 heterocycles. The number of hydrogen-bond donors (Lipinski definition) is 4.